The Hall–Kier alpha value is -4.53. The fourth-order valence-electron chi connectivity index (χ4n) is 6.83. The van der Waals surface area contributed by atoms with Crippen molar-refractivity contribution in [3.05, 3.63) is 35.9 Å². The van der Waals surface area contributed by atoms with E-state index in [0.29, 0.717) is 38.2 Å². The zero-order valence-corrected chi connectivity index (χ0v) is 34.5. The van der Waals surface area contributed by atoms with Crippen LogP contribution in [0, 0.1) is 17.8 Å². The molecule has 0 bridgehead atoms. The number of rotatable bonds is 14. The molecule has 6 amide bonds. The smallest absolute Gasteiger partial charge is 0.408 e. The summed E-state index contributed by atoms with van der Waals surface area (Å²) in [6.45, 7) is 12.1. The van der Waals surface area contributed by atoms with Crippen LogP contribution in [-0.2, 0) is 38.2 Å². The van der Waals surface area contributed by atoms with E-state index in [1.807, 2.05) is 0 Å². The van der Waals surface area contributed by atoms with Crippen LogP contribution in [0.15, 0.2) is 30.3 Å². The highest BCUT2D eigenvalue weighted by Crippen LogP contribution is 2.30. The number of likely N-dealkylation sites (tertiary alicyclic amines) is 1. The highest BCUT2D eigenvalue weighted by atomic mass is 16.6. The number of ether oxygens (including phenoxy) is 2. The number of carbonyl (C=O) groups excluding carboxylic acids is 7. The normalized spacial score (nSPS) is 18.9. The van der Waals surface area contributed by atoms with E-state index in [4.69, 9.17) is 9.47 Å². The number of ketones is 1. The summed E-state index contributed by atoms with van der Waals surface area (Å²) in [5.41, 5.74) is -0.216. The van der Waals surface area contributed by atoms with Crippen LogP contribution in [0.2, 0.25) is 0 Å². The number of likely N-dealkylation sites (N-methyl/N-ethyl adjacent to an activating group) is 1. The van der Waals surface area contributed by atoms with Crippen LogP contribution in [0.25, 0.3) is 0 Å². The van der Waals surface area contributed by atoms with Crippen molar-refractivity contribution in [2.45, 2.75) is 123 Å². The van der Waals surface area contributed by atoms with Gasteiger partial charge < -0.3 is 40.5 Å². The van der Waals surface area contributed by atoms with Gasteiger partial charge >= 0.3 is 6.09 Å². The fourth-order valence-corrected chi connectivity index (χ4v) is 6.83. The van der Waals surface area contributed by atoms with Gasteiger partial charge in [0.2, 0.25) is 29.4 Å². The molecule has 4 rings (SSSR count). The molecule has 2 heterocycles. The van der Waals surface area contributed by atoms with Crippen molar-refractivity contribution < 1.29 is 43.0 Å². The molecule has 15 nitrogen and oxygen atoms in total. The lowest BCUT2D eigenvalue weighted by atomic mass is 9.83. The molecule has 0 aromatic heterocycles. The molecule has 15 heteroatoms. The Morgan fingerprint density at radius 3 is 2.05 bits per heavy atom. The lowest BCUT2D eigenvalue weighted by molar-refractivity contribution is -0.144. The lowest BCUT2D eigenvalue weighted by Crippen LogP contribution is -2.58. The van der Waals surface area contributed by atoms with Crippen LogP contribution in [0.1, 0.15) is 105 Å². The highest BCUT2D eigenvalue weighted by molar-refractivity contribution is 6.38. The number of hydrogen-bond donors (Lipinski definition) is 4. The molecule has 1 saturated carbocycles. The summed E-state index contributed by atoms with van der Waals surface area (Å²) in [6, 6.07) is 4.60. The van der Waals surface area contributed by atoms with Crippen LogP contribution in [0.4, 0.5) is 4.79 Å². The van der Waals surface area contributed by atoms with E-state index in [1.54, 1.807) is 65.2 Å². The first-order chi connectivity index (χ1) is 26.4. The van der Waals surface area contributed by atoms with E-state index in [1.165, 1.54) is 9.80 Å². The molecular formula is C41H64N6O9. The minimum atomic E-state index is -1.23. The second-order valence-electron chi connectivity index (χ2n) is 16.8. The largest absolute Gasteiger partial charge is 0.444 e. The van der Waals surface area contributed by atoms with E-state index in [9.17, 15) is 33.6 Å². The topological polar surface area (TPSA) is 193 Å². The van der Waals surface area contributed by atoms with Gasteiger partial charge in [0.1, 0.15) is 23.7 Å². The van der Waals surface area contributed by atoms with E-state index in [0.717, 1.165) is 38.0 Å². The Balaban J connectivity index is 0.00000200. The second-order valence-corrected chi connectivity index (χ2v) is 16.8. The maximum Gasteiger partial charge on any atom is 0.408 e. The van der Waals surface area contributed by atoms with Crippen LogP contribution in [0.3, 0.4) is 0 Å². The van der Waals surface area contributed by atoms with Crippen molar-refractivity contribution in [3.8, 4) is 0 Å². The predicted molar refractivity (Wildman–Crippen MR) is 210 cm³/mol. The Kier molecular flexibility index (Phi) is 17.8. The van der Waals surface area contributed by atoms with E-state index in [2.05, 4.69) is 42.0 Å². The maximum atomic E-state index is 14.1. The summed E-state index contributed by atoms with van der Waals surface area (Å²) < 4.78 is 10.7. The van der Waals surface area contributed by atoms with Crippen molar-refractivity contribution in [2.24, 2.45) is 17.8 Å². The van der Waals surface area contributed by atoms with Crippen LogP contribution >= 0.6 is 0 Å². The maximum absolute atomic E-state index is 14.1. The fraction of sp³-hybridized carbons (Fsp3) is 0.683. The summed E-state index contributed by atoms with van der Waals surface area (Å²) >= 11 is 0. The van der Waals surface area contributed by atoms with Crippen LogP contribution in [0.5, 0.6) is 0 Å². The van der Waals surface area contributed by atoms with Crippen molar-refractivity contribution in [2.75, 3.05) is 40.4 Å². The number of Topliss-reactive ketones (excluding diaryl/α,β-unsaturated/α-hetero) is 1. The van der Waals surface area contributed by atoms with Crippen molar-refractivity contribution in [3.63, 3.8) is 0 Å². The number of carbonyl (C=O) groups is 7. The first kappa shape index (κ1) is 45.9. The van der Waals surface area contributed by atoms with Gasteiger partial charge in [-0.1, -0.05) is 70.4 Å². The first-order valence-corrected chi connectivity index (χ1v) is 19.9. The molecule has 2 saturated heterocycles. The number of amides is 6. The molecule has 312 valence electrons. The van der Waals surface area contributed by atoms with Gasteiger partial charge in [-0.15, -0.1) is 0 Å². The third kappa shape index (κ3) is 14.5. The molecule has 2 aliphatic heterocycles. The molecule has 1 aromatic carbocycles. The van der Waals surface area contributed by atoms with Gasteiger partial charge in [-0.3, -0.25) is 28.8 Å². The number of alkyl carbamates (subject to hydrolysis) is 1. The monoisotopic (exact) mass is 784 g/mol. The molecule has 1 aromatic rings. The average Bonchev–Trinajstić information content (AvgIpc) is 3.62. The van der Waals surface area contributed by atoms with Crippen molar-refractivity contribution in [1.82, 2.24) is 31.1 Å². The summed E-state index contributed by atoms with van der Waals surface area (Å²) in [6.07, 6.45) is 4.71. The molecule has 56 heavy (non-hydrogen) atoms. The second kappa shape index (κ2) is 21.7. The SMILES string of the molecule is CC(C)C.CN(C)C(=O)[C@@H](NC(=O)CNC(=O)C(=O)C(CC1COC1)NC(=O)[C@@H]1CCCN1C(=O)C(NC(=O)OC(C)(C)C)C1CCCCC1)c1ccccc1. The summed E-state index contributed by atoms with van der Waals surface area (Å²) in [4.78, 5) is 95.8. The van der Waals surface area contributed by atoms with Gasteiger partial charge in [0.25, 0.3) is 5.91 Å². The number of nitrogens with one attached hydrogen (secondary N) is 4. The molecule has 2 unspecified atom stereocenters. The molecule has 4 atom stereocenters. The Morgan fingerprint density at radius 2 is 1.50 bits per heavy atom. The molecular weight excluding hydrogens is 720 g/mol. The number of benzene rings is 1. The zero-order valence-electron chi connectivity index (χ0n) is 34.5. The summed E-state index contributed by atoms with van der Waals surface area (Å²) in [7, 11) is 3.12. The lowest BCUT2D eigenvalue weighted by Gasteiger charge is -2.35. The van der Waals surface area contributed by atoms with Crippen LogP contribution < -0.4 is 21.3 Å². The first-order valence-electron chi connectivity index (χ1n) is 19.9. The highest BCUT2D eigenvalue weighted by Gasteiger charge is 2.43. The van der Waals surface area contributed by atoms with Gasteiger partial charge in [-0.05, 0) is 70.3 Å². The number of nitrogens with zero attached hydrogens (tertiary/aromatic N) is 2. The van der Waals surface area contributed by atoms with E-state index >= 15 is 0 Å². The minimum Gasteiger partial charge on any atom is -0.444 e. The molecule has 0 radical (unpaired) electrons. The van der Waals surface area contributed by atoms with Crippen LogP contribution in [-0.4, -0.2) is 115 Å². The summed E-state index contributed by atoms with van der Waals surface area (Å²) in [5.74, 6) is -3.41. The molecule has 4 N–H and O–H groups in total. The quantitative estimate of drug-likeness (QED) is 0.205. The average molecular weight is 785 g/mol. The minimum absolute atomic E-state index is 0.0796. The molecule has 1 aliphatic carbocycles. The van der Waals surface area contributed by atoms with Gasteiger partial charge in [0.05, 0.1) is 25.8 Å². The predicted octanol–water partition coefficient (Wildman–Crippen LogP) is 3.27. The number of hydrogen-bond acceptors (Lipinski definition) is 9. The van der Waals surface area contributed by atoms with Gasteiger partial charge in [-0.25, -0.2) is 4.79 Å². The Morgan fingerprint density at radius 1 is 0.875 bits per heavy atom. The van der Waals surface area contributed by atoms with E-state index in [-0.39, 0.29) is 30.1 Å². The zero-order chi connectivity index (χ0) is 41.6. The van der Waals surface area contributed by atoms with Crippen molar-refractivity contribution in [1.29, 1.82) is 0 Å². The van der Waals surface area contributed by atoms with Crippen molar-refractivity contribution >= 4 is 41.4 Å². The molecule has 0 spiro atoms. The Bertz CT molecular complexity index is 1500. The van der Waals surface area contributed by atoms with Gasteiger partial charge in [-0.2, -0.15) is 0 Å². The standard InChI is InChI=1S/C37H54N6O9.C4H10/c1-37(2,3)52-36(50)41-30(25-15-10-7-11-16-25)35(49)43-18-12-17-27(43)32(46)39-26(19-23-21-51-22-23)31(45)33(47)38-20-28(44)40-29(34(48)42(4)5)24-13-8-6-9-14-24;1-4(2)3/h6,8-9,13-14,23,25-27,29-30H,7,10-12,15-22H2,1-5H3,(H,38,47)(H,39,46)(H,40,44)(H,41,50);4H,1-3H3/t26?,27-,29-,30?;/m0./s1. The van der Waals surface area contributed by atoms with E-state index < -0.39 is 65.9 Å². The van der Waals surface area contributed by atoms with Gasteiger partial charge in [0.15, 0.2) is 0 Å². The summed E-state index contributed by atoms with van der Waals surface area (Å²) in [5, 5.41) is 10.5. The third-order valence-electron chi connectivity index (χ3n) is 9.57. The molecule has 3 fully saturated rings. The molecule has 3 aliphatic rings. The van der Waals surface area contributed by atoms with Gasteiger partial charge in [0, 0.05) is 26.6 Å². The Labute approximate surface area is 331 Å². The third-order valence-corrected chi connectivity index (χ3v) is 9.57.